The molecule has 1 atom stereocenters. The zero-order valence-electron chi connectivity index (χ0n) is 8.78. The van der Waals surface area contributed by atoms with E-state index in [0.717, 1.165) is 31.7 Å². The Bertz CT molecular complexity index is 308. The summed E-state index contributed by atoms with van der Waals surface area (Å²) >= 11 is 0. The Labute approximate surface area is 90.1 Å². The third kappa shape index (κ3) is 3.02. The number of hydrogen-bond donors (Lipinski definition) is 2. The molecule has 0 aliphatic carbocycles. The highest BCUT2D eigenvalue weighted by atomic mass is 16.5. The minimum atomic E-state index is 0.111. The molecule has 2 N–H and O–H groups in total. The van der Waals surface area contributed by atoms with Crippen LogP contribution in [-0.2, 0) is 17.9 Å². The predicted molar refractivity (Wildman–Crippen MR) is 58.4 cm³/mol. The second-order valence-electron chi connectivity index (χ2n) is 3.92. The second kappa shape index (κ2) is 5.26. The highest BCUT2D eigenvalue weighted by molar-refractivity contribution is 5.22. The summed E-state index contributed by atoms with van der Waals surface area (Å²) in [5.41, 5.74) is 2.19. The van der Waals surface area contributed by atoms with Crippen LogP contribution < -0.4 is 5.32 Å². The van der Waals surface area contributed by atoms with Gasteiger partial charge in [-0.25, -0.2) is 0 Å². The van der Waals surface area contributed by atoms with Gasteiger partial charge in [0.05, 0.1) is 13.2 Å². The fourth-order valence-electron chi connectivity index (χ4n) is 1.80. The zero-order chi connectivity index (χ0) is 10.5. The van der Waals surface area contributed by atoms with E-state index in [1.54, 1.807) is 0 Å². The molecule has 1 aromatic carbocycles. The van der Waals surface area contributed by atoms with Gasteiger partial charge in [-0.15, -0.1) is 0 Å². The third-order valence-electron chi connectivity index (χ3n) is 2.70. The van der Waals surface area contributed by atoms with Gasteiger partial charge in [-0.2, -0.15) is 0 Å². The van der Waals surface area contributed by atoms with Crippen LogP contribution in [0.5, 0.6) is 0 Å². The molecule has 2 rings (SSSR count). The van der Waals surface area contributed by atoms with Gasteiger partial charge in [-0.3, -0.25) is 0 Å². The molecule has 0 spiro atoms. The molecule has 1 saturated heterocycles. The molecule has 1 aliphatic rings. The lowest BCUT2D eigenvalue weighted by molar-refractivity contribution is 0.190. The minimum absolute atomic E-state index is 0.111. The highest BCUT2D eigenvalue weighted by Crippen LogP contribution is 2.08. The average Bonchev–Trinajstić information content (AvgIpc) is 2.79. The van der Waals surface area contributed by atoms with Crippen LogP contribution in [0, 0.1) is 0 Å². The average molecular weight is 207 g/mol. The number of hydrogen-bond acceptors (Lipinski definition) is 3. The molecule has 1 heterocycles. The summed E-state index contributed by atoms with van der Waals surface area (Å²) in [6, 6.07) is 8.50. The maximum atomic E-state index is 9.00. The van der Waals surface area contributed by atoms with E-state index < -0.39 is 0 Å². The summed E-state index contributed by atoms with van der Waals surface area (Å²) in [5.74, 6) is 0. The van der Waals surface area contributed by atoms with Crippen molar-refractivity contribution in [1.29, 1.82) is 0 Å². The van der Waals surface area contributed by atoms with E-state index in [0.29, 0.717) is 6.04 Å². The molecule has 82 valence electrons. The zero-order valence-corrected chi connectivity index (χ0v) is 8.78. The number of ether oxygens (including phenoxy) is 1. The molecule has 0 amide bonds. The third-order valence-corrected chi connectivity index (χ3v) is 2.70. The second-order valence-corrected chi connectivity index (χ2v) is 3.92. The van der Waals surface area contributed by atoms with E-state index in [9.17, 15) is 0 Å². The van der Waals surface area contributed by atoms with Gasteiger partial charge in [0.2, 0.25) is 0 Å². The largest absolute Gasteiger partial charge is 0.392 e. The Morgan fingerprint density at radius 1 is 1.40 bits per heavy atom. The predicted octanol–water partition coefficient (Wildman–Crippen LogP) is 1.06. The van der Waals surface area contributed by atoms with Crippen molar-refractivity contribution in [3.05, 3.63) is 35.4 Å². The van der Waals surface area contributed by atoms with Crippen LogP contribution in [0.3, 0.4) is 0 Å². The molecule has 0 radical (unpaired) electrons. The number of aliphatic hydroxyl groups is 1. The normalized spacial score (nSPS) is 20.7. The van der Waals surface area contributed by atoms with Crippen molar-refractivity contribution in [3.8, 4) is 0 Å². The summed E-state index contributed by atoms with van der Waals surface area (Å²) in [4.78, 5) is 0. The topological polar surface area (TPSA) is 41.5 Å². The molecular weight excluding hydrogens is 190 g/mol. The van der Waals surface area contributed by atoms with Crippen LogP contribution in [0.2, 0.25) is 0 Å². The molecule has 3 nitrogen and oxygen atoms in total. The van der Waals surface area contributed by atoms with Gasteiger partial charge in [-0.05, 0) is 17.5 Å². The molecule has 0 bridgehead atoms. The van der Waals surface area contributed by atoms with Crippen molar-refractivity contribution >= 4 is 0 Å². The number of nitrogens with one attached hydrogen (secondary N) is 1. The lowest BCUT2D eigenvalue weighted by Gasteiger charge is -2.10. The Balaban J connectivity index is 1.86. The van der Waals surface area contributed by atoms with Crippen molar-refractivity contribution in [2.75, 3.05) is 13.2 Å². The van der Waals surface area contributed by atoms with Crippen molar-refractivity contribution in [2.24, 2.45) is 0 Å². The molecule has 0 aromatic heterocycles. The molecule has 1 aromatic rings. The lowest BCUT2D eigenvalue weighted by Crippen LogP contribution is -2.28. The SMILES string of the molecule is OCc1cccc(CNC2CCOC2)c1. The standard InChI is InChI=1S/C12H17NO2/c14-8-11-3-1-2-10(6-11)7-13-12-4-5-15-9-12/h1-3,6,12-14H,4-5,7-9H2. The van der Waals surface area contributed by atoms with E-state index in [-0.39, 0.29) is 6.61 Å². The minimum Gasteiger partial charge on any atom is -0.392 e. The molecule has 1 aliphatic heterocycles. The van der Waals surface area contributed by atoms with Crippen LogP contribution in [-0.4, -0.2) is 24.4 Å². The maximum Gasteiger partial charge on any atom is 0.0681 e. The van der Waals surface area contributed by atoms with Crippen molar-refractivity contribution < 1.29 is 9.84 Å². The van der Waals surface area contributed by atoms with Crippen LogP contribution in [0.25, 0.3) is 0 Å². The quantitative estimate of drug-likeness (QED) is 0.775. The van der Waals surface area contributed by atoms with E-state index in [1.807, 2.05) is 18.2 Å². The van der Waals surface area contributed by atoms with Crippen molar-refractivity contribution in [1.82, 2.24) is 5.32 Å². The number of rotatable bonds is 4. The molecule has 0 saturated carbocycles. The van der Waals surface area contributed by atoms with E-state index in [1.165, 1.54) is 5.56 Å². The number of benzene rings is 1. The van der Waals surface area contributed by atoms with E-state index in [4.69, 9.17) is 9.84 Å². The van der Waals surface area contributed by atoms with Gasteiger partial charge in [0.25, 0.3) is 0 Å². The first-order chi connectivity index (χ1) is 7.38. The lowest BCUT2D eigenvalue weighted by atomic mass is 10.1. The molecule has 1 unspecified atom stereocenters. The van der Waals surface area contributed by atoms with E-state index >= 15 is 0 Å². The smallest absolute Gasteiger partial charge is 0.0681 e. The molecule has 3 heteroatoms. The Morgan fingerprint density at radius 3 is 3.00 bits per heavy atom. The van der Waals surface area contributed by atoms with Crippen molar-refractivity contribution in [3.63, 3.8) is 0 Å². The number of aliphatic hydroxyl groups excluding tert-OH is 1. The van der Waals surface area contributed by atoms with E-state index in [2.05, 4.69) is 11.4 Å². The van der Waals surface area contributed by atoms with Gasteiger partial charge in [0.1, 0.15) is 0 Å². The molecule has 1 fully saturated rings. The first kappa shape index (κ1) is 10.6. The monoisotopic (exact) mass is 207 g/mol. The summed E-state index contributed by atoms with van der Waals surface area (Å²) in [6.07, 6.45) is 1.10. The fraction of sp³-hybridized carbons (Fsp3) is 0.500. The Kier molecular flexibility index (Phi) is 3.72. The fourth-order valence-corrected chi connectivity index (χ4v) is 1.80. The van der Waals surface area contributed by atoms with Gasteiger partial charge >= 0.3 is 0 Å². The molecule has 15 heavy (non-hydrogen) atoms. The van der Waals surface area contributed by atoms with Gasteiger partial charge in [-0.1, -0.05) is 24.3 Å². The molecular formula is C12H17NO2. The summed E-state index contributed by atoms with van der Waals surface area (Å²) in [6.45, 7) is 2.65. The van der Waals surface area contributed by atoms with Crippen molar-refractivity contribution in [2.45, 2.75) is 25.6 Å². The summed E-state index contributed by atoms with van der Waals surface area (Å²) in [5, 5.41) is 12.4. The maximum absolute atomic E-state index is 9.00. The summed E-state index contributed by atoms with van der Waals surface area (Å²) < 4.78 is 5.29. The van der Waals surface area contributed by atoms with Gasteiger partial charge in [0.15, 0.2) is 0 Å². The first-order valence-corrected chi connectivity index (χ1v) is 5.38. The van der Waals surface area contributed by atoms with Crippen LogP contribution in [0.1, 0.15) is 17.5 Å². The Hall–Kier alpha value is -0.900. The first-order valence-electron chi connectivity index (χ1n) is 5.38. The van der Waals surface area contributed by atoms with Gasteiger partial charge in [0, 0.05) is 19.2 Å². The van der Waals surface area contributed by atoms with Gasteiger partial charge < -0.3 is 15.2 Å². The Morgan fingerprint density at radius 2 is 2.27 bits per heavy atom. The van der Waals surface area contributed by atoms with Crippen LogP contribution in [0.15, 0.2) is 24.3 Å². The van der Waals surface area contributed by atoms with Crippen LogP contribution in [0.4, 0.5) is 0 Å². The highest BCUT2D eigenvalue weighted by Gasteiger charge is 2.14. The summed E-state index contributed by atoms with van der Waals surface area (Å²) in [7, 11) is 0. The van der Waals surface area contributed by atoms with Crippen LogP contribution >= 0.6 is 0 Å².